The number of amides is 2. The molecule has 0 unspecified atom stereocenters. The fourth-order valence-electron chi connectivity index (χ4n) is 3.05. The van der Waals surface area contributed by atoms with Gasteiger partial charge >= 0.3 is 0 Å². The first kappa shape index (κ1) is 19.1. The maximum atomic E-state index is 13.3. The summed E-state index contributed by atoms with van der Waals surface area (Å²) in [4.78, 5) is 28.7. The van der Waals surface area contributed by atoms with Crippen LogP contribution in [0, 0.1) is 5.82 Å². The summed E-state index contributed by atoms with van der Waals surface area (Å²) < 4.78 is 18.9. The molecular formula is C22H17FN4O3. The van der Waals surface area contributed by atoms with Gasteiger partial charge in [0.05, 0.1) is 0 Å². The number of carbonyl (C=O) groups excluding carboxylic acids is 2. The van der Waals surface area contributed by atoms with E-state index in [1.54, 1.807) is 36.5 Å². The first-order valence-corrected chi connectivity index (χ1v) is 9.03. The molecular weight excluding hydrogens is 387 g/mol. The van der Waals surface area contributed by atoms with Crippen molar-refractivity contribution in [2.24, 2.45) is 0 Å². The summed E-state index contributed by atoms with van der Waals surface area (Å²) in [5.41, 5.74) is 9.02. The van der Waals surface area contributed by atoms with Crippen LogP contribution < -0.4 is 16.4 Å². The van der Waals surface area contributed by atoms with Crippen molar-refractivity contribution >= 4 is 34.3 Å². The van der Waals surface area contributed by atoms with Crippen molar-refractivity contribution in [2.45, 2.75) is 0 Å². The zero-order chi connectivity index (χ0) is 21.3. The van der Waals surface area contributed by atoms with E-state index in [2.05, 4.69) is 15.6 Å². The van der Waals surface area contributed by atoms with E-state index in [-0.39, 0.29) is 17.4 Å². The molecule has 8 heteroatoms. The van der Waals surface area contributed by atoms with Crippen LogP contribution in [0.15, 0.2) is 65.2 Å². The number of pyridine rings is 1. The van der Waals surface area contributed by atoms with Crippen LogP contribution >= 0.6 is 0 Å². The molecule has 0 bridgehead atoms. The average Bonchev–Trinajstić information content (AvgIpc) is 3.09. The largest absolute Gasteiger partial charge is 0.447 e. The lowest BCUT2D eigenvalue weighted by atomic mass is 10.0. The van der Waals surface area contributed by atoms with Gasteiger partial charge in [0, 0.05) is 30.1 Å². The van der Waals surface area contributed by atoms with Gasteiger partial charge in [-0.1, -0.05) is 18.2 Å². The van der Waals surface area contributed by atoms with Gasteiger partial charge in [0.2, 0.25) is 5.76 Å². The third-order valence-corrected chi connectivity index (χ3v) is 4.54. The normalized spacial score (nSPS) is 10.7. The molecule has 4 rings (SSSR count). The second-order valence-corrected chi connectivity index (χ2v) is 6.54. The molecule has 0 spiro atoms. The summed E-state index contributed by atoms with van der Waals surface area (Å²) in [5.74, 6) is -1.25. The molecule has 150 valence electrons. The fraction of sp³-hybridized carbons (Fsp3) is 0.0455. The molecule has 0 fully saturated rings. The molecule has 0 atom stereocenters. The van der Waals surface area contributed by atoms with E-state index in [0.29, 0.717) is 33.5 Å². The molecule has 2 amide bonds. The number of aromatic nitrogens is 1. The summed E-state index contributed by atoms with van der Waals surface area (Å²) in [7, 11) is 1.48. The number of halogens is 1. The highest BCUT2D eigenvalue weighted by Crippen LogP contribution is 2.30. The number of hydrogen-bond acceptors (Lipinski definition) is 5. The molecule has 0 saturated carbocycles. The van der Waals surface area contributed by atoms with Crippen molar-refractivity contribution in [3.63, 3.8) is 0 Å². The van der Waals surface area contributed by atoms with Gasteiger partial charge in [0.25, 0.3) is 11.8 Å². The van der Waals surface area contributed by atoms with E-state index in [0.717, 1.165) is 0 Å². The maximum absolute atomic E-state index is 13.3. The van der Waals surface area contributed by atoms with E-state index in [9.17, 15) is 14.0 Å². The third kappa shape index (κ3) is 3.58. The van der Waals surface area contributed by atoms with E-state index in [1.165, 1.54) is 25.2 Å². The van der Waals surface area contributed by atoms with Crippen LogP contribution in [0.1, 0.15) is 20.9 Å². The zero-order valence-corrected chi connectivity index (χ0v) is 15.9. The minimum absolute atomic E-state index is 0.000344. The van der Waals surface area contributed by atoms with Crippen molar-refractivity contribution in [3.8, 4) is 11.1 Å². The number of rotatable bonds is 4. The number of nitrogens with one attached hydrogen (secondary N) is 2. The molecule has 2 heterocycles. The van der Waals surface area contributed by atoms with Crippen LogP contribution in [0.3, 0.4) is 0 Å². The topological polar surface area (TPSA) is 110 Å². The highest BCUT2D eigenvalue weighted by Gasteiger charge is 2.19. The predicted molar refractivity (Wildman–Crippen MR) is 112 cm³/mol. The number of fused-ring (bicyclic) bond motifs is 1. The van der Waals surface area contributed by atoms with Crippen LogP contribution in [-0.4, -0.2) is 23.8 Å². The quantitative estimate of drug-likeness (QED) is 0.479. The van der Waals surface area contributed by atoms with Crippen LogP contribution in [0.4, 0.5) is 15.8 Å². The van der Waals surface area contributed by atoms with Crippen molar-refractivity contribution < 1.29 is 18.4 Å². The van der Waals surface area contributed by atoms with Crippen molar-refractivity contribution in [1.82, 2.24) is 10.3 Å². The SMILES string of the molecule is CNC(=O)c1oc2cc(-c3cccc(C(=O)Nc4cccc(F)c4)c3)cnc2c1N. The van der Waals surface area contributed by atoms with Gasteiger partial charge in [-0.15, -0.1) is 0 Å². The van der Waals surface area contributed by atoms with Gasteiger partial charge in [-0.3, -0.25) is 9.59 Å². The highest BCUT2D eigenvalue weighted by molar-refractivity contribution is 6.06. The second kappa shape index (κ2) is 7.67. The van der Waals surface area contributed by atoms with E-state index in [1.807, 2.05) is 6.07 Å². The van der Waals surface area contributed by atoms with Gasteiger partial charge in [0.1, 0.15) is 17.0 Å². The summed E-state index contributed by atoms with van der Waals surface area (Å²) in [6.07, 6.45) is 1.59. The van der Waals surface area contributed by atoms with Gasteiger partial charge in [-0.05, 0) is 42.0 Å². The van der Waals surface area contributed by atoms with E-state index < -0.39 is 11.7 Å². The number of nitrogens with two attached hydrogens (primary N) is 1. The fourth-order valence-corrected chi connectivity index (χ4v) is 3.05. The monoisotopic (exact) mass is 404 g/mol. The number of anilines is 2. The molecule has 4 aromatic rings. The highest BCUT2D eigenvalue weighted by atomic mass is 19.1. The van der Waals surface area contributed by atoms with Gasteiger partial charge in [0.15, 0.2) is 5.58 Å². The molecule has 0 saturated heterocycles. The Hall–Kier alpha value is -4.20. The Balaban J connectivity index is 1.65. The first-order valence-electron chi connectivity index (χ1n) is 9.03. The minimum atomic E-state index is -0.442. The molecule has 7 nitrogen and oxygen atoms in total. The van der Waals surface area contributed by atoms with Gasteiger partial charge < -0.3 is 20.8 Å². The lowest BCUT2D eigenvalue weighted by molar-refractivity contribution is 0.0938. The Kier molecular flexibility index (Phi) is 4.89. The second-order valence-electron chi connectivity index (χ2n) is 6.54. The Morgan fingerprint density at radius 3 is 2.60 bits per heavy atom. The van der Waals surface area contributed by atoms with Crippen molar-refractivity contribution in [1.29, 1.82) is 0 Å². The summed E-state index contributed by atoms with van der Waals surface area (Å²) in [6.45, 7) is 0. The lowest BCUT2D eigenvalue weighted by Crippen LogP contribution is -2.18. The summed E-state index contributed by atoms with van der Waals surface area (Å²) in [5, 5.41) is 5.13. The molecule has 2 aromatic heterocycles. The van der Waals surface area contributed by atoms with Crippen LogP contribution in [0.25, 0.3) is 22.2 Å². The van der Waals surface area contributed by atoms with E-state index in [4.69, 9.17) is 10.2 Å². The van der Waals surface area contributed by atoms with Gasteiger partial charge in [-0.2, -0.15) is 0 Å². The summed E-state index contributed by atoms with van der Waals surface area (Å²) >= 11 is 0. The third-order valence-electron chi connectivity index (χ3n) is 4.54. The standard InChI is InChI=1S/C22H17FN4O3/c1-25-22(29)20-18(24)19-17(30-20)9-14(11-26-19)12-4-2-5-13(8-12)21(28)27-16-7-3-6-15(23)10-16/h2-11H,24H2,1H3,(H,25,29)(H,27,28). The molecule has 4 N–H and O–H groups in total. The van der Waals surface area contributed by atoms with Crippen LogP contribution in [-0.2, 0) is 0 Å². The molecule has 2 aromatic carbocycles. The maximum Gasteiger partial charge on any atom is 0.289 e. The number of nitrogen functional groups attached to an aromatic ring is 1. The van der Waals surface area contributed by atoms with Crippen molar-refractivity contribution in [3.05, 3.63) is 77.9 Å². The zero-order valence-electron chi connectivity index (χ0n) is 15.9. The average molecular weight is 404 g/mol. The van der Waals surface area contributed by atoms with Crippen LogP contribution in [0.5, 0.6) is 0 Å². The van der Waals surface area contributed by atoms with Crippen LogP contribution in [0.2, 0.25) is 0 Å². The number of nitrogens with zero attached hydrogens (tertiary/aromatic N) is 1. The Morgan fingerprint density at radius 1 is 1.03 bits per heavy atom. The first-order chi connectivity index (χ1) is 14.5. The number of carbonyl (C=O) groups is 2. The smallest absolute Gasteiger partial charge is 0.289 e. The van der Waals surface area contributed by atoms with E-state index >= 15 is 0 Å². The molecule has 0 aliphatic rings. The molecule has 0 aliphatic heterocycles. The predicted octanol–water partition coefficient (Wildman–Crippen LogP) is 3.83. The molecule has 0 radical (unpaired) electrons. The van der Waals surface area contributed by atoms with Crippen molar-refractivity contribution in [2.75, 3.05) is 18.1 Å². The van der Waals surface area contributed by atoms with Gasteiger partial charge in [-0.25, -0.2) is 9.37 Å². The molecule has 30 heavy (non-hydrogen) atoms. The Morgan fingerprint density at radius 2 is 1.83 bits per heavy atom. The number of hydrogen-bond donors (Lipinski definition) is 3. The minimum Gasteiger partial charge on any atom is -0.447 e. The Bertz CT molecular complexity index is 1280. The molecule has 0 aliphatic carbocycles. The Labute approximate surface area is 170 Å². The summed E-state index contributed by atoms with van der Waals surface area (Å²) in [6, 6.07) is 14.2. The number of benzene rings is 2. The lowest BCUT2D eigenvalue weighted by Gasteiger charge is -2.07. The number of furan rings is 1.